The van der Waals surface area contributed by atoms with Crippen LogP contribution in [-0.4, -0.2) is 33.9 Å². The molecule has 1 atom stereocenters. The highest BCUT2D eigenvalue weighted by molar-refractivity contribution is 5.98. The van der Waals surface area contributed by atoms with E-state index in [1.165, 1.54) is 0 Å². The Hall–Kier alpha value is -3.15. The molecule has 126 valence electrons. The first-order chi connectivity index (χ1) is 12.1. The molecule has 0 N–H and O–H groups in total. The highest BCUT2D eigenvalue weighted by Crippen LogP contribution is 2.31. The Balaban J connectivity index is 1.46. The molecule has 0 saturated heterocycles. The van der Waals surface area contributed by atoms with Crippen LogP contribution in [0, 0.1) is 0 Å². The van der Waals surface area contributed by atoms with Crippen molar-refractivity contribution in [3.05, 3.63) is 66.1 Å². The second-order valence-electron chi connectivity index (χ2n) is 6.11. The van der Waals surface area contributed by atoms with Crippen LogP contribution < -0.4 is 4.90 Å². The minimum atomic E-state index is -0.600. The van der Waals surface area contributed by atoms with Crippen molar-refractivity contribution < 1.29 is 14.3 Å². The molecule has 1 amide bonds. The molecule has 4 rings (SSSR count). The van der Waals surface area contributed by atoms with Crippen molar-refractivity contribution in [1.29, 1.82) is 0 Å². The van der Waals surface area contributed by atoms with Crippen molar-refractivity contribution in [1.82, 2.24) is 9.38 Å². The number of fused-ring (bicyclic) bond motifs is 2. The Morgan fingerprint density at radius 2 is 2.00 bits per heavy atom. The number of para-hydroxylation sites is 1. The van der Waals surface area contributed by atoms with Gasteiger partial charge in [0.1, 0.15) is 5.65 Å². The van der Waals surface area contributed by atoms with Crippen LogP contribution >= 0.6 is 0 Å². The van der Waals surface area contributed by atoms with Gasteiger partial charge in [0.2, 0.25) is 0 Å². The Kier molecular flexibility index (Phi) is 3.72. The van der Waals surface area contributed by atoms with Gasteiger partial charge in [-0.1, -0.05) is 24.3 Å². The molecule has 3 heterocycles. The lowest BCUT2D eigenvalue weighted by Crippen LogP contribution is -2.38. The number of esters is 1. The van der Waals surface area contributed by atoms with E-state index in [1.54, 1.807) is 27.8 Å². The summed E-state index contributed by atoms with van der Waals surface area (Å²) in [7, 11) is 0. The van der Waals surface area contributed by atoms with Gasteiger partial charge >= 0.3 is 5.97 Å². The number of imidazole rings is 1. The quantitative estimate of drug-likeness (QED) is 0.690. The molecule has 1 aliphatic rings. The highest BCUT2D eigenvalue weighted by atomic mass is 16.5. The molecule has 0 radical (unpaired) electrons. The number of aromatic nitrogens is 2. The number of rotatable bonds is 3. The third-order valence-corrected chi connectivity index (χ3v) is 4.38. The average molecular weight is 335 g/mol. The van der Waals surface area contributed by atoms with Gasteiger partial charge in [-0.2, -0.15) is 0 Å². The molecular formula is C19H17N3O3. The third-order valence-electron chi connectivity index (χ3n) is 4.38. The van der Waals surface area contributed by atoms with Crippen molar-refractivity contribution >= 4 is 23.2 Å². The van der Waals surface area contributed by atoms with Gasteiger partial charge in [0.15, 0.2) is 12.3 Å². The van der Waals surface area contributed by atoms with Crippen LogP contribution in [0.5, 0.6) is 0 Å². The van der Waals surface area contributed by atoms with Crippen molar-refractivity contribution in [2.45, 2.75) is 19.4 Å². The van der Waals surface area contributed by atoms with Gasteiger partial charge in [0.05, 0.1) is 0 Å². The highest BCUT2D eigenvalue weighted by Gasteiger charge is 2.31. The van der Waals surface area contributed by atoms with E-state index in [9.17, 15) is 9.59 Å². The fraction of sp³-hybridized carbons (Fsp3) is 0.211. The van der Waals surface area contributed by atoms with Crippen LogP contribution in [0.3, 0.4) is 0 Å². The smallest absolute Gasteiger partial charge is 0.359 e. The molecule has 0 saturated carbocycles. The third kappa shape index (κ3) is 2.76. The molecule has 25 heavy (non-hydrogen) atoms. The van der Waals surface area contributed by atoms with E-state index < -0.39 is 5.97 Å². The predicted molar refractivity (Wildman–Crippen MR) is 92.6 cm³/mol. The molecule has 6 nitrogen and oxygen atoms in total. The number of amides is 1. The Morgan fingerprint density at radius 3 is 2.84 bits per heavy atom. The summed E-state index contributed by atoms with van der Waals surface area (Å²) in [5.41, 5.74) is 2.87. The summed E-state index contributed by atoms with van der Waals surface area (Å²) in [6.07, 6.45) is 4.20. The number of nitrogens with zero attached hydrogens (tertiary/aromatic N) is 3. The summed E-state index contributed by atoms with van der Waals surface area (Å²) in [4.78, 5) is 30.6. The van der Waals surface area contributed by atoms with Crippen molar-refractivity contribution in [2.75, 3.05) is 11.5 Å². The molecule has 2 aromatic heterocycles. The standard InChI is InChI=1S/C19H17N3O3/c1-13-10-14-6-2-3-7-16(14)22(13)18(23)12-25-19(24)15-11-21-9-5-4-8-17(21)20-15/h2-9,11,13H,10,12H2,1H3/t13-/m1/s1. The Morgan fingerprint density at radius 1 is 1.20 bits per heavy atom. The normalized spacial score (nSPS) is 16.0. The number of hydrogen-bond acceptors (Lipinski definition) is 4. The summed E-state index contributed by atoms with van der Waals surface area (Å²) in [6, 6.07) is 13.3. The number of benzene rings is 1. The van der Waals surface area contributed by atoms with Gasteiger partial charge in [0, 0.05) is 24.1 Å². The topological polar surface area (TPSA) is 63.9 Å². The first-order valence-corrected chi connectivity index (χ1v) is 8.14. The lowest BCUT2D eigenvalue weighted by Gasteiger charge is -2.22. The molecule has 3 aromatic rings. The van der Waals surface area contributed by atoms with E-state index >= 15 is 0 Å². The van der Waals surface area contributed by atoms with Crippen LogP contribution in [0.2, 0.25) is 0 Å². The zero-order chi connectivity index (χ0) is 17.4. The molecule has 0 fully saturated rings. The predicted octanol–water partition coefficient (Wildman–Crippen LogP) is 2.47. The van der Waals surface area contributed by atoms with Gasteiger partial charge in [0.25, 0.3) is 5.91 Å². The summed E-state index contributed by atoms with van der Waals surface area (Å²) < 4.78 is 6.92. The fourth-order valence-electron chi connectivity index (χ4n) is 3.25. The number of carbonyl (C=O) groups excluding carboxylic acids is 2. The van der Waals surface area contributed by atoms with Gasteiger partial charge in [-0.3, -0.25) is 4.79 Å². The largest absolute Gasteiger partial charge is 0.451 e. The van der Waals surface area contributed by atoms with Crippen molar-refractivity contribution in [3.63, 3.8) is 0 Å². The van der Waals surface area contributed by atoms with E-state index in [1.807, 2.05) is 43.3 Å². The van der Waals surface area contributed by atoms with Gasteiger partial charge in [-0.05, 0) is 37.1 Å². The second kappa shape index (κ2) is 6.05. The number of hydrogen-bond donors (Lipinski definition) is 0. The molecule has 0 unspecified atom stereocenters. The van der Waals surface area contributed by atoms with Gasteiger partial charge in [-0.15, -0.1) is 0 Å². The van der Waals surface area contributed by atoms with E-state index in [2.05, 4.69) is 4.98 Å². The molecule has 1 aromatic carbocycles. The van der Waals surface area contributed by atoms with E-state index in [4.69, 9.17) is 4.74 Å². The van der Waals surface area contributed by atoms with Crippen molar-refractivity contribution in [2.24, 2.45) is 0 Å². The summed E-state index contributed by atoms with van der Waals surface area (Å²) in [6.45, 7) is 1.69. The minimum Gasteiger partial charge on any atom is -0.451 e. The first-order valence-electron chi connectivity index (χ1n) is 8.14. The number of pyridine rings is 1. The van der Waals surface area contributed by atoms with E-state index in [-0.39, 0.29) is 24.2 Å². The molecule has 0 spiro atoms. The van der Waals surface area contributed by atoms with Crippen LogP contribution in [0.15, 0.2) is 54.9 Å². The Bertz CT molecular complexity index is 930. The lowest BCUT2D eigenvalue weighted by molar-refractivity contribution is -0.122. The summed E-state index contributed by atoms with van der Waals surface area (Å²) in [5.74, 6) is -0.827. The molecule has 0 aliphatic carbocycles. The van der Waals surface area contributed by atoms with Crippen LogP contribution in [0.25, 0.3) is 5.65 Å². The van der Waals surface area contributed by atoms with Crippen molar-refractivity contribution in [3.8, 4) is 0 Å². The van der Waals surface area contributed by atoms with E-state index in [0.717, 1.165) is 17.7 Å². The molecular weight excluding hydrogens is 318 g/mol. The maximum Gasteiger partial charge on any atom is 0.359 e. The number of anilines is 1. The summed E-state index contributed by atoms with van der Waals surface area (Å²) >= 11 is 0. The van der Waals surface area contributed by atoms with Gasteiger partial charge < -0.3 is 14.0 Å². The first kappa shape index (κ1) is 15.4. The molecule has 6 heteroatoms. The van der Waals surface area contributed by atoms with Crippen LogP contribution in [0.1, 0.15) is 23.0 Å². The van der Waals surface area contributed by atoms with Crippen LogP contribution in [-0.2, 0) is 16.0 Å². The zero-order valence-corrected chi connectivity index (χ0v) is 13.8. The van der Waals surface area contributed by atoms with E-state index in [0.29, 0.717) is 5.65 Å². The fourth-order valence-corrected chi connectivity index (χ4v) is 3.25. The monoisotopic (exact) mass is 335 g/mol. The molecule has 0 bridgehead atoms. The SMILES string of the molecule is C[C@@H]1Cc2ccccc2N1C(=O)COC(=O)c1cn2ccccc2n1. The maximum absolute atomic E-state index is 12.5. The number of carbonyl (C=O) groups is 2. The summed E-state index contributed by atoms with van der Waals surface area (Å²) in [5, 5.41) is 0. The van der Waals surface area contributed by atoms with Gasteiger partial charge in [-0.25, -0.2) is 9.78 Å². The molecule has 1 aliphatic heterocycles. The lowest BCUT2D eigenvalue weighted by atomic mass is 10.1. The second-order valence-corrected chi connectivity index (χ2v) is 6.11. The van der Waals surface area contributed by atoms with Crippen LogP contribution in [0.4, 0.5) is 5.69 Å². The zero-order valence-electron chi connectivity index (χ0n) is 13.8. The average Bonchev–Trinajstić information content (AvgIpc) is 3.19. The Labute approximate surface area is 144 Å². The maximum atomic E-state index is 12.5. The minimum absolute atomic E-state index is 0.0544. The number of ether oxygens (including phenoxy) is 1.